The summed E-state index contributed by atoms with van der Waals surface area (Å²) < 4.78 is 2.07. The van der Waals surface area contributed by atoms with Crippen LogP contribution in [0.4, 0.5) is 0 Å². The normalized spacial score (nSPS) is 11.8. The van der Waals surface area contributed by atoms with E-state index in [9.17, 15) is 0 Å². The number of aryl methyl sites for hydroxylation is 2. The van der Waals surface area contributed by atoms with Gasteiger partial charge in [-0.2, -0.15) is 0 Å². The van der Waals surface area contributed by atoms with Crippen molar-refractivity contribution in [1.82, 2.24) is 14.4 Å². The Labute approximate surface area is 120 Å². The Kier molecular flexibility index (Phi) is 2.30. The summed E-state index contributed by atoms with van der Waals surface area (Å²) in [5.41, 5.74) is 5.56. The molecule has 0 N–H and O–H groups in total. The number of fused-ring (bicyclic) bond motifs is 5. The second kappa shape index (κ2) is 3.93. The van der Waals surface area contributed by atoms with Crippen LogP contribution in [0.2, 0.25) is 5.02 Å². The van der Waals surface area contributed by atoms with Crippen molar-refractivity contribution in [3.63, 3.8) is 0 Å². The first-order valence-electron chi connectivity index (χ1n) is 6.47. The Morgan fingerprint density at radius 3 is 2.65 bits per heavy atom. The van der Waals surface area contributed by atoms with Gasteiger partial charge in [-0.15, -0.1) is 0 Å². The lowest BCUT2D eigenvalue weighted by molar-refractivity contribution is 1.19. The van der Waals surface area contributed by atoms with E-state index in [2.05, 4.69) is 40.3 Å². The summed E-state index contributed by atoms with van der Waals surface area (Å²) in [6.45, 7) is 4.21. The summed E-state index contributed by atoms with van der Waals surface area (Å²) in [6.07, 6.45) is 1.84. The summed E-state index contributed by atoms with van der Waals surface area (Å²) >= 11 is 6.14. The van der Waals surface area contributed by atoms with Crippen molar-refractivity contribution >= 4 is 39.3 Å². The third kappa shape index (κ3) is 1.53. The van der Waals surface area contributed by atoms with Crippen LogP contribution in [0.1, 0.15) is 11.1 Å². The second-order valence-corrected chi connectivity index (χ2v) is 5.57. The predicted octanol–water partition coefficient (Wildman–Crippen LogP) is 4.31. The molecule has 0 fully saturated rings. The minimum atomic E-state index is 0.708. The molecule has 3 nitrogen and oxygen atoms in total. The Hall–Kier alpha value is -2.13. The molecule has 0 spiro atoms. The van der Waals surface area contributed by atoms with Gasteiger partial charge in [-0.1, -0.05) is 11.6 Å². The van der Waals surface area contributed by atoms with E-state index in [-0.39, 0.29) is 0 Å². The molecule has 4 rings (SSSR count). The van der Waals surface area contributed by atoms with Crippen LogP contribution >= 0.6 is 11.6 Å². The van der Waals surface area contributed by atoms with Crippen molar-refractivity contribution in [2.45, 2.75) is 13.8 Å². The number of rotatable bonds is 0. The van der Waals surface area contributed by atoms with Crippen LogP contribution in [0.25, 0.3) is 27.7 Å². The Morgan fingerprint density at radius 2 is 1.80 bits per heavy atom. The maximum atomic E-state index is 6.14. The summed E-state index contributed by atoms with van der Waals surface area (Å²) in [6, 6.07) is 10.1. The standard InChI is InChI=1S/C16H12ClN3/c1-9-5-13-15(6-10(9)2)20-14-7-12(17)4-3-11(14)8-18-16(20)19-13/h3-8H,1-2H3. The Morgan fingerprint density at radius 1 is 1.00 bits per heavy atom. The molecule has 2 heterocycles. The van der Waals surface area contributed by atoms with E-state index in [4.69, 9.17) is 11.6 Å². The zero-order chi connectivity index (χ0) is 13.9. The first kappa shape index (κ1) is 11.7. The highest BCUT2D eigenvalue weighted by molar-refractivity contribution is 6.31. The average Bonchev–Trinajstić information content (AvgIpc) is 2.77. The zero-order valence-electron chi connectivity index (χ0n) is 11.2. The minimum Gasteiger partial charge on any atom is -0.276 e. The SMILES string of the molecule is Cc1cc2nc3ncc4ccc(Cl)cc4n3c2cc1C. The van der Waals surface area contributed by atoms with Crippen LogP contribution in [0.15, 0.2) is 36.5 Å². The smallest absolute Gasteiger partial charge is 0.235 e. The first-order chi connectivity index (χ1) is 9.63. The van der Waals surface area contributed by atoms with Crippen molar-refractivity contribution in [2.24, 2.45) is 0 Å². The molecule has 4 aromatic rings. The molecule has 0 atom stereocenters. The van der Waals surface area contributed by atoms with Crippen molar-refractivity contribution in [1.29, 1.82) is 0 Å². The van der Waals surface area contributed by atoms with Crippen LogP contribution in [0.5, 0.6) is 0 Å². The van der Waals surface area contributed by atoms with Crippen LogP contribution < -0.4 is 0 Å². The topological polar surface area (TPSA) is 30.2 Å². The maximum absolute atomic E-state index is 6.14. The van der Waals surface area contributed by atoms with Gasteiger partial charge in [0.25, 0.3) is 0 Å². The van der Waals surface area contributed by atoms with Gasteiger partial charge in [-0.25, -0.2) is 9.97 Å². The van der Waals surface area contributed by atoms with E-state index in [1.165, 1.54) is 11.1 Å². The quantitative estimate of drug-likeness (QED) is 0.481. The molecule has 0 saturated carbocycles. The fourth-order valence-corrected chi connectivity index (χ4v) is 2.76. The van der Waals surface area contributed by atoms with E-state index >= 15 is 0 Å². The number of hydrogen-bond donors (Lipinski definition) is 0. The highest BCUT2D eigenvalue weighted by Gasteiger charge is 2.10. The third-order valence-electron chi connectivity index (χ3n) is 3.80. The molecule has 0 bridgehead atoms. The summed E-state index contributed by atoms with van der Waals surface area (Å²) in [7, 11) is 0. The maximum Gasteiger partial charge on any atom is 0.235 e. The van der Waals surface area contributed by atoms with Gasteiger partial charge in [0.05, 0.1) is 16.6 Å². The molecule has 4 heteroatoms. The molecule has 2 aromatic carbocycles. The molecule has 20 heavy (non-hydrogen) atoms. The van der Waals surface area contributed by atoms with Crippen molar-refractivity contribution in [3.8, 4) is 0 Å². The van der Waals surface area contributed by atoms with Crippen LogP contribution in [0.3, 0.4) is 0 Å². The van der Waals surface area contributed by atoms with E-state index in [1.54, 1.807) is 0 Å². The Balaban J connectivity index is 2.30. The van der Waals surface area contributed by atoms with Crippen molar-refractivity contribution in [2.75, 3.05) is 0 Å². The lowest BCUT2D eigenvalue weighted by Crippen LogP contribution is -1.91. The van der Waals surface area contributed by atoms with Crippen LogP contribution in [-0.4, -0.2) is 14.4 Å². The highest BCUT2D eigenvalue weighted by atomic mass is 35.5. The molecular weight excluding hydrogens is 270 g/mol. The number of benzene rings is 2. The number of imidazole rings is 1. The summed E-state index contributed by atoms with van der Waals surface area (Å²) in [5, 5.41) is 1.77. The monoisotopic (exact) mass is 281 g/mol. The predicted molar refractivity (Wildman–Crippen MR) is 82.5 cm³/mol. The number of aromatic nitrogens is 3. The first-order valence-corrected chi connectivity index (χ1v) is 6.85. The molecule has 98 valence electrons. The van der Waals surface area contributed by atoms with E-state index in [0.29, 0.717) is 5.78 Å². The molecule has 2 aromatic heterocycles. The molecule has 0 saturated heterocycles. The van der Waals surface area contributed by atoms with Crippen LogP contribution in [0, 0.1) is 13.8 Å². The largest absolute Gasteiger partial charge is 0.276 e. The third-order valence-corrected chi connectivity index (χ3v) is 4.04. The lowest BCUT2D eigenvalue weighted by Gasteiger charge is -2.04. The Bertz CT molecular complexity index is 985. The van der Waals surface area contributed by atoms with Crippen LogP contribution in [-0.2, 0) is 0 Å². The average molecular weight is 282 g/mol. The van der Waals surface area contributed by atoms with Gasteiger partial charge in [0.2, 0.25) is 5.78 Å². The zero-order valence-corrected chi connectivity index (χ0v) is 11.9. The van der Waals surface area contributed by atoms with Crippen molar-refractivity contribution in [3.05, 3.63) is 52.7 Å². The van der Waals surface area contributed by atoms with E-state index < -0.39 is 0 Å². The van der Waals surface area contributed by atoms with Gasteiger partial charge in [0, 0.05) is 16.6 Å². The molecule has 0 aliphatic carbocycles. The highest BCUT2D eigenvalue weighted by Crippen LogP contribution is 2.25. The van der Waals surface area contributed by atoms with Gasteiger partial charge in [0.15, 0.2) is 0 Å². The fourth-order valence-electron chi connectivity index (χ4n) is 2.59. The lowest BCUT2D eigenvalue weighted by atomic mass is 10.1. The summed E-state index contributed by atoms with van der Waals surface area (Å²) in [5.74, 6) is 0.708. The molecule has 0 amide bonds. The second-order valence-electron chi connectivity index (χ2n) is 5.13. The van der Waals surface area contributed by atoms with Gasteiger partial charge in [0.1, 0.15) is 0 Å². The van der Waals surface area contributed by atoms with Gasteiger partial charge in [-0.05, 0) is 55.3 Å². The van der Waals surface area contributed by atoms with Gasteiger partial charge >= 0.3 is 0 Å². The molecule has 0 unspecified atom stereocenters. The number of halogens is 1. The van der Waals surface area contributed by atoms with E-state index in [1.807, 2.05) is 24.4 Å². The van der Waals surface area contributed by atoms with Gasteiger partial charge in [-0.3, -0.25) is 4.40 Å². The molecule has 0 aliphatic heterocycles. The summed E-state index contributed by atoms with van der Waals surface area (Å²) in [4.78, 5) is 9.05. The molecule has 0 aliphatic rings. The van der Waals surface area contributed by atoms with E-state index in [0.717, 1.165) is 27.0 Å². The number of hydrogen-bond acceptors (Lipinski definition) is 2. The fraction of sp³-hybridized carbons (Fsp3) is 0.125. The number of nitrogens with zero attached hydrogens (tertiary/aromatic N) is 3. The van der Waals surface area contributed by atoms with Gasteiger partial charge < -0.3 is 0 Å². The minimum absolute atomic E-state index is 0.708. The van der Waals surface area contributed by atoms with Crippen molar-refractivity contribution < 1.29 is 0 Å². The molecule has 0 radical (unpaired) electrons. The molecular formula is C16H12ClN3.